The number of amides is 1. The highest BCUT2D eigenvalue weighted by Crippen LogP contribution is 2.17. The average molecular weight is 317 g/mol. The molecule has 1 amide bonds. The lowest BCUT2D eigenvalue weighted by molar-refractivity contribution is -0.119. The molecule has 1 saturated heterocycles. The first-order valence-corrected chi connectivity index (χ1v) is 8.06. The highest BCUT2D eigenvalue weighted by atomic mass is 16.2. The molecule has 1 aliphatic heterocycles. The van der Waals surface area contributed by atoms with Gasteiger partial charge in [0.1, 0.15) is 11.8 Å². The summed E-state index contributed by atoms with van der Waals surface area (Å²) in [6.07, 6.45) is 6.55. The molecular formula is C15H23N7O. The van der Waals surface area contributed by atoms with Crippen LogP contribution in [0.4, 0.5) is 5.82 Å². The number of hydrogen-bond acceptors (Lipinski definition) is 6. The summed E-state index contributed by atoms with van der Waals surface area (Å²) in [5, 5.41) is 6.39. The van der Waals surface area contributed by atoms with Gasteiger partial charge in [-0.2, -0.15) is 0 Å². The normalized spacial score (nSPS) is 18.0. The van der Waals surface area contributed by atoms with Crippen LogP contribution < -0.4 is 15.5 Å². The van der Waals surface area contributed by atoms with Crippen LogP contribution in [-0.4, -0.2) is 59.1 Å². The molecule has 1 atom stereocenters. The first-order valence-electron chi connectivity index (χ1n) is 8.06. The number of piperidine rings is 1. The summed E-state index contributed by atoms with van der Waals surface area (Å²) in [4.78, 5) is 29.3. The van der Waals surface area contributed by atoms with Crippen LogP contribution in [0, 0.1) is 5.92 Å². The highest BCUT2D eigenvalue weighted by molar-refractivity contribution is 5.86. The van der Waals surface area contributed by atoms with Crippen molar-refractivity contribution in [1.29, 1.82) is 0 Å². The molecule has 0 aromatic carbocycles. The van der Waals surface area contributed by atoms with Crippen molar-refractivity contribution in [2.75, 3.05) is 38.1 Å². The van der Waals surface area contributed by atoms with Gasteiger partial charge in [-0.1, -0.05) is 0 Å². The monoisotopic (exact) mass is 317 g/mol. The van der Waals surface area contributed by atoms with Crippen molar-refractivity contribution < 1.29 is 4.79 Å². The lowest BCUT2D eigenvalue weighted by atomic mass is 9.96. The Bertz CT molecular complexity index is 650. The second-order valence-electron chi connectivity index (χ2n) is 6.01. The summed E-state index contributed by atoms with van der Waals surface area (Å²) >= 11 is 0. The molecule has 1 fully saturated rings. The van der Waals surface area contributed by atoms with E-state index in [1.165, 1.54) is 19.2 Å². The molecule has 23 heavy (non-hydrogen) atoms. The van der Waals surface area contributed by atoms with Gasteiger partial charge in [-0.25, -0.2) is 15.0 Å². The Morgan fingerprint density at radius 1 is 1.43 bits per heavy atom. The summed E-state index contributed by atoms with van der Waals surface area (Å²) in [6, 6.07) is 0. The Balaban J connectivity index is 1.48. The summed E-state index contributed by atoms with van der Waals surface area (Å²) < 4.78 is 0. The molecule has 0 saturated carbocycles. The molecule has 0 aliphatic carbocycles. The van der Waals surface area contributed by atoms with E-state index < -0.39 is 0 Å². The minimum atomic E-state index is 0.00236. The van der Waals surface area contributed by atoms with E-state index in [4.69, 9.17) is 0 Å². The van der Waals surface area contributed by atoms with Gasteiger partial charge in [0.25, 0.3) is 0 Å². The average Bonchev–Trinajstić information content (AvgIpc) is 3.04. The zero-order valence-electron chi connectivity index (χ0n) is 13.4. The van der Waals surface area contributed by atoms with E-state index in [2.05, 4.69) is 30.6 Å². The van der Waals surface area contributed by atoms with Crippen molar-refractivity contribution in [2.24, 2.45) is 5.92 Å². The zero-order valence-corrected chi connectivity index (χ0v) is 13.4. The summed E-state index contributed by atoms with van der Waals surface area (Å²) in [5.74, 6) is 1.36. The number of nitrogens with zero attached hydrogens (tertiary/aromatic N) is 4. The van der Waals surface area contributed by atoms with Crippen molar-refractivity contribution in [2.45, 2.75) is 19.3 Å². The maximum Gasteiger partial charge on any atom is 0.239 e. The smallest absolute Gasteiger partial charge is 0.239 e. The Morgan fingerprint density at radius 3 is 3.17 bits per heavy atom. The Kier molecular flexibility index (Phi) is 5.02. The molecule has 2 aromatic heterocycles. The van der Waals surface area contributed by atoms with E-state index in [-0.39, 0.29) is 12.5 Å². The van der Waals surface area contributed by atoms with Crippen molar-refractivity contribution in [3.63, 3.8) is 0 Å². The van der Waals surface area contributed by atoms with Crippen LogP contribution >= 0.6 is 0 Å². The Morgan fingerprint density at radius 2 is 2.35 bits per heavy atom. The third-order valence-electron chi connectivity index (χ3n) is 4.22. The topological polar surface area (TPSA) is 98.8 Å². The van der Waals surface area contributed by atoms with Gasteiger partial charge in [0.05, 0.1) is 12.9 Å². The Labute approximate surface area is 135 Å². The summed E-state index contributed by atoms with van der Waals surface area (Å²) in [5.41, 5.74) is 1.35. The quantitative estimate of drug-likeness (QED) is 0.708. The molecule has 3 N–H and O–H groups in total. The summed E-state index contributed by atoms with van der Waals surface area (Å²) in [7, 11) is 1.84. The van der Waals surface area contributed by atoms with Crippen LogP contribution in [0.5, 0.6) is 0 Å². The number of rotatable bonds is 6. The first kappa shape index (κ1) is 15.7. The Hall–Kier alpha value is -2.22. The predicted molar refractivity (Wildman–Crippen MR) is 88.2 cm³/mol. The molecule has 1 aliphatic rings. The number of fused-ring (bicyclic) bond motifs is 1. The van der Waals surface area contributed by atoms with Gasteiger partial charge >= 0.3 is 0 Å². The molecule has 2 aromatic rings. The van der Waals surface area contributed by atoms with E-state index in [0.717, 1.165) is 31.6 Å². The molecule has 124 valence electrons. The van der Waals surface area contributed by atoms with Crippen molar-refractivity contribution >= 4 is 22.9 Å². The van der Waals surface area contributed by atoms with Gasteiger partial charge < -0.3 is 20.5 Å². The van der Waals surface area contributed by atoms with Crippen molar-refractivity contribution in [3.8, 4) is 0 Å². The van der Waals surface area contributed by atoms with Crippen LogP contribution in [0.25, 0.3) is 11.2 Å². The lowest BCUT2D eigenvalue weighted by Crippen LogP contribution is -2.38. The number of carbonyl (C=O) groups is 1. The van der Waals surface area contributed by atoms with E-state index >= 15 is 0 Å². The van der Waals surface area contributed by atoms with Crippen LogP contribution in [-0.2, 0) is 4.79 Å². The van der Waals surface area contributed by atoms with Crippen LogP contribution in [0.15, 0.2) is 12.7 Å². The molecule has 3 heterocycles. The fraction of sp³-hybridized carbons (Fsp3) is 0.600. The second kappa shape index (κ2) is 7.36. The molecular weight excluding hydrogens is 294 g/mol. The fourth-order valence-electron chi connectivity index (χ4n) is 2.97. The van der Waals surface area contributed by atoms with E-state index in [1.807, 2.05) is 7.05 Å². The summed E-state index contributed by atoms with van der Waals surface area (Å²) in [6.45, 7) is 3.17. The number of imidazole rings is 1. The van der Waals surface area contributed by atoms with Gasteiger partial charge in [-0.15, -0.1) is 0 Å². The van der Waals surface area contributed by atoms with Crippen LogP contribution in [0.2, 0.25) is 0 Å². The third kappa shape index (κ3) is 3.95. The van der Waals surface area contributed by atoms with Gasteiger partial charge in [-0.3, -0.25) is 4.79 Å². The molecule has 8 heteroatoms. The number of hydrogen-bond donors (Lipinski definition) is 3. The third-order valence-corrected chi connectivity index (χ3v) is 4.22. The number of anilines is 1. The maximum atomic E-state index is 12.1. The maximum absolute atomic E-state index is 12.1. The SMILES string of the molecule is CN(CC(=O)NCCC1CCCNC1)c1ncnc2nc[nH]c12. The number of aromatic nitrogens is 4. The minimum absolute atomic E-state index is 0.00236. The van der Waals surface area contributed by atoms with Crippen molar-refractivity contribution in [1.82, 2.24) is 30.6 Å². The zero-order chi connectivity index (χ0) is 16.1. The molecule has 1 unspecified atom stereocenters. The molecule has 0 radical (unpaired) electrons. The largest absolute Gasteiger partial charge is 0.355 e. The van der Waals surface area contributed by atoms with Gasteiger partial charge in [0.15, 0.2) is 11.5 Å². The van der Waals surface area contributed by atoms with Crippen LogP contribution in [0.3, 0.4) is 0 Å². The van der Waals surface area contributed by atoms with Crippen molar-refractivity contribution in [3.05, 3.63) is 12.7 Å². The standard InChI is InChI=1S/C15H23N7O/c1-22(15-13-14(19-9-18-13)20-10-21-15)8-12(23)17-6-4-11-3-2-5-16-7-11/h9-11,16H,2-8H2,1H3,(H,17,23)(H,18,19,20,21). The van der Waals surface area contributed by atoms with Gasteiger partial charge in [0.2, 0.25) is 5.91 Å². The van der Waals surface area contributed by atoms with E-state index in [9.17, 15) is 4.79 Å². The van der Waals surface area contributed by atoms with E-state index in [1.54, 1.807) is 11.2 Å². The predicted octanol–water partition coefficient (Wildman–Crippen LogP) is 0.295. The lowest BCUT2D eigenvalue weighted by Gasteiger charge is -2.23. The number of carbonyl (C=O) groups excluding carboxylic acids is 1. The van der Waals surface area contributed by atoms with Gasteiger partial charge in [-0.05, 0) is 38.3 Å². The second-order valence-corrected chi connectivity index (χ2v) is 6.01. The van der Waals surface area contributed by atoms with Gasteiger partial charge in [0, 0.05) is 13.6 Å². The number of likely N-dealkylation sites (N-methyl/N-ethyl adjacent to an activating group) is 1. The van der Waals surface area contributed by atoms with E-state index in [0.29, 0.717) is 17.4 Å². The molecule has 8 nitrogen and oxygen atoms in total. The number of H-pyrrole nitrogens is 1. The molecule has 3 rings (SSSR count). The molecule has 0 spiro atoms. The van der Waals surface area contributed by atoms with Crippen LogP contribution in [0.1, 0.15) is 19.3 Å². The number of aromatic amines is 1. The highest BCUT2D eigenvalue weighted by Gasteiger charge is 2.15. The fourth-order valence-corrected chi connectivity index (χ4v) is 2.97. The number of nitrogens with one attached hydrogen (secondary N) is 3. The first-order chi connectivity index (χ1) is 11.2. The molecule has 0 bridgehead atoms. The minimum Gasteiger partial charge on any atom is -0.355 e.